The van der Waals surface area contributed by atoms with Gasteiger partial charge in [0.2, 0.25) is 5.78 Å². The molecule has 0 aliphatic heterocycles. The monoisotopic (exact) mass is 312 g/mol. The molecule has 4 heteroatoms. The van der Waals surface area contributed by atoms with Crippen molar-refractivity contribution in [2.24, 2.45) is 5.73 Å². The van der Waals surface area contributed by atoms with Crippen LogP contribution in [-0.4, -0.2) is 18.6 Å². The Morgan fingerprint density at radius 3 is 2.43 bits per heavy atom. The molecule has 0 spiro atoms. The number of hydrogen-bond donors (Lipinski definition) is 2. The minimum absolute atomic E-state index is 0.0216. The van der Waals surface area contributed by atoms with Crippen LogP contribution >= 0.6 is 0 Å². The molecule has 0 amide bonds. The van der Waals surface area contributed by atoms with Gasteiger partial charge in [0, 0.05) is 17.2 Å². The zero-order valence-electron chi connectivity index (χ0n) is 14.0. The third-order valence-corrected chi connectivity index (χ3v) is 4.36. The van der Waals surface area contributed by atoms with Crippen LogP contribution in [0.3, 0.4) is 0 Å². The molecule has 0 saturated heterocycles. The molecule has 0 atom stereocenters. The Bertz CT molecular complexity index is 665. The van der Waals surface area contributed by atoms with Crippen LogP contribution in [0.1, 0.15) is 37.8 Å². The summed E-state index contributed by atoms with van der Waals surface area (Å²) in [6, 6.07) is 8.44. The van der Waals surface area contributed by atoms with Gasteiger partial charge >= 0.3 is 0 Å². The summed E-state index contributed by atoms with van der Waals surface area (Å²) in [5.74, 6) is -0.179. The maximum absolute atomic E-state index is 12.3. The summed E-state index contributed by atoms with van der Waals surface area (Å²) in [5.41, 5.74) is 8.78. The number of allylic oxidation sites excluding steroid dienone is 2. The summed E-state index contributed by atoms with van der Waals surface area (Å²) in [5, 5.41) is 7.39. The lowest BCUT2D eigenvalue weighted by Gasteiger charge is -2.19. The number of hydrogen-bond acceptors (Lipinski definition) is 4. The molecule has 0 bridgehead atoms. The van der Waals surface area contributed by atoms with E-state index in [-0.39, 0.29) is 22.7 Å². The van der Waals surface area contributed by atoms with Crippen LogP contribution in [0.4, 0.5) is 0 Å². The number of nitrogens with two attached hydrogens (primary N) is 1. The normalized spacial score (nSPS) is 17.3. The second kappa shape index (κ2) is 6.82. The van der Waals surface area contributed by atoms with Crippen molar-refractivity contribution in [3.8, 4) is 0 Å². The van der Waals surface area contributed by atoms with Crippen LogP contribution < -0.4 is 5.73 Å². The Hall–Kier alpha value is -2.36. The molecular formula is C19H24N2O2. The predicted octanol–water partition coefficient (Wildman–Crippen LogP) is 3.40. The topological polar surface area (TPSA) is 76.2 Å². The first kappa shape index (κ1) is 17.0. The van der Waals surface area contributed by atoms with E-state index >= 15 is 0 Å². The number of ether oxygens (including phenoxy) is 1. The summed E-state index contributed by atoms with van der Waals surface area (Å²) < 4.78 is 5.85. The van der Waals surface area contributed by atoms with Gasteiger partial charge in [0.25, 0.3) is 0 Å². The third kappa shape index (κ3) is 3.70. The second-order valence-corrected chi connectivity index (χ2v) is 6.16. The number of aryl methyl sites for hydroxylation is 1. The van der Waals surface area contributed by atoms with Crippen LogP contribution in [0, 0.1) is 12.3 Å². The number of carbonyl (C=O) groups excluding carboxylic acids is 1. The quantitative estimate of drug-likeness (QED) is 0.460. The minimum atomic E-state index is -0.354. The fourth-order valence-corrected chi connectivity index (χ4v) is 2.47. The van der Waals surface area contributed by atoms with E-state index in [2.05, 4.69) is 31.2 Å². The maximum Gasteiger partial charge on any atom is 0.243 e. The summed E-state index contributed by atoms with van der Waals surface area (Å²) in [6.07, 6.45) is 4.76. The van der Waals surface area contributed by atoms with Crippen LogP contribution in [0.2, 0.25) is 0 Å². The molecule has 1 saturated carbocycles. The van der Waals surface area contributed by atoms with Gasteiger partial charge in [-0.25, -0.2) is 0 Å². The Kier molecular flexibility index (Phi) is 5.04. The van der Waals surface area contributed by atoms with Crippen molar-refractivity contribution >= 4 is 12.0 Å². The highest BCUT2D eigenvalue weighted by Gasteiger charge is 2.45. The highest BCUT2D eigenvalue weighted by Crippen LogP contribution is 2.48. The van der Waals surface area contributed by atoms with E-state index < -0.39 is 0 Å². The first-order valence-corrected chi connectivity index (χ1v) is 7.81. The van der Waals surface area contributed by atoms with Crippen LogP contribution in [0.25, 0.3) is 0 Å². The molecule has 122 valence electrons. The van der Waals surface area contributed by atoms with E-state index in [0.717, 1.165) is 19.1 Å². The van der Waals surface area contributed by atoms with Gasteiger partial charge < -0.3 is 15.9 Å². The standard InChI is InChI=1S/C19H24N2O2/c1-4-16(21)17(22)18(14(3)11-20)23-12-19(9-10-19)15-7-5-13(2)6-8-15/h4-8,11,20H,9-10,12,21H2,1-3H3/b16-4+,18-14+,20-11?. The van der Waals surface area contributed by atoms with E-state index in [1.165, 1.54) is 11.1 Å². The van der Waals surface area contributed by atoms with Crippen LogP contribution in [-0.2, 0) is 14.9 Å². The molecule has 0 radical (unpaired) electrons. The number of rotatable bonds is 7. The van der Waals surface area contributed by atoms with Gasteiger partial charge in [-0.15, -0.1) is 0 Å². The lowest BCUT2D eigenvalue weighted by atomic mass is 9.96. The fourth-order valence-electron chi connectivity index (χ4n) is 2.47. The lowest BCUT2D eigenvalue weighted by Crippen LogP contribution is -2.22. The first-order chi connectivity index (χ1) is 10.9. The Morgan fingerprint density at radius 2 is 1.96 bits per heavy atom. The number of carbonyl (C=O) groups is 1. The van der Waals surface area contributed by atoms with E-state index in [9.17, 15) is 4.79 Å². The average molecular weight is 312 g/mol. The highest BCUT2D eigenvalue weighted by molar-refractivity contribution is 6.08. The fraction of sp³-hybridized carbons (Fsp3) is 0.368. The molecular weight excluding hydrogens is 288 g/mol. The zero-order valence-corrected chi connectivity index (χ0v) is 14.0. The molecule has 23 heavy (non-hydrogen) atoms. The molecule has 1 aromatic rings. The summed E-state index contributed by atoms with van der Waals surface area (Å²) in [6.45, 7) is 5.89. The maximum atomic E-state index is 12.3. The highest BCUT2D eigenvalue weighted by atomic mass is 16.5. The summed E-state index contributed by atoms with van der Waals surface area (Å²) in [4.78, 5) is 12.3. The molecule has 2 rings (SSSR count). The molecule has 4 nitrogen and oxygen atoms in total. The lowest BCUT2D eigenvalue weighted by molar-refractivity contribution is -0.115. The van der Waals surface area contributed by atoms with Gasteiger partial charge in [0.05, 0.1) is 12.3 Å². The van der Waals surface area contributed by atoms with E-state index in [4.69, 9.17) is 15.9 Å². The van der Waals surface area contributed by atoms with Gasteiger partial charge in [-0.2, -0.15) is 0 Å². The SMILES string of the molecule is C/C=C(/N)C(=O)/C(OCC1(c2ccc(C)cc2)CC1)=C(/C)C=N. The summed E-state index contributed by atoms with van der Waals surface area (Å²) >= 11 is 0. The largest absolute Gasteiger partial charge is 0.488 e. The van der Waals surface area contributed by atoms with Crippen molar-refractivity contribution in [2.75, 3.05) is 6.61 Å². The zero-order chi connectivity index (χ0) is 17.0. The number of Topliss-reactive ketones (excluding diaryl/α,β-unsaturated/α-hetero) is 1. The second-order valence-electron chi connectivity index (χ2n) is 6.16. The van der Waals surface area contributed by atoms with Crippen LogP contribution in [0.15, 0.2) is 47.4 Å². The van der Waals surface area contributed by atoms with Gasteiger partial charge in [-0.1, -0.05) is 35.9 Å². The van der Waals surface area contributed by atoms with Crippen molar-refractivity contribution in [1.82, 2.24) is 0 Å². The molecule has 1 aromatic carbocycles. The van der Waals surface area contributed by atoms with Crippen molar-refractivity contribution in [2.45, 2.75) is 39.0 Å². The Morgan fingerprint density at radius 1 is 1.35 bits per heavy atom. The van der Waals surface area contributed by atoms with Crippen molar-refractivity contribution in [3.05, 3.63) is 58.5 Å². The van der Waals surface area contributed by atoms with Gasteiger partial charge in [0.15, 0.2) is 5.76 Å². The molecule has 1 aliphatic rings. The average Bonchev–Trinajstić information content (AvgIpc) is 3.35. The molecule has 0 unspecified atom stereocenters. The Labute approximate surface area is 137 Å². The third-order valence-electron chi connectivity index (χ3n) is 4.36. The number of nitrogens with one attached hydrogen (secondary N) is 1. The Balaban J connectivity index is 2.18. The van der Waals surface area contributed by atoms with Crippen LogP contribution in [0.5, 0.6) is 0 Å². The molecule has 1 fully saturated rings. The minimum Gasteiger partial charge on any atom is -0.488 e. The van der Waals surface area contributed by atoms with E-state index in [1.807, 2.05) is 0 Å². The number of benzene rings is 1. The van der Waals surface area contributed by atoms with E-state index in [1.54, 1.807) is 19.9 Å². The van der Waals surface area contributed by atoms with Gasteiger partial charge in [-0.3, -0.25) is 4.79 Å². The predicted molar refractivity (Wildman–Crippen MR) is 92.5 cm³/mol. The van der Waals surface area contributed by atoms with Crippen molar-refractivity contribution in [1.29, 1.82) is 5.41 Å². The molecule has 0 heterocycles. The van der Waals surface area contributed by atoms with Gasteiger partial charge in [-0.05, 0) is 39.2 Å². The van der Waals surface area contributed by atoms with Crippen molar-refractivity contribution < 1.29 is 9.53 Å². The first-order valence-electron chi connectivity index (χ1n) is 7.81. The van der Waals surface area contributed by atoms with Gasteiger partial charge in [0.1, 0.15) is 0 Å². The molecule has 0 aromatic heterocycles. The summed E-state index contributed by atoms with van der Waals surface area (Å²) in [7, 11) is 0. The molecule has 1 aliphatic carbocycles. The smallest absolute Gasteiger partial charge is 0.243 e. The molecule has 3 N–H and O–H groups in total. The van der Waals surface area contributed by atoms with Crippen molar-refractivity contribution in [3.63, 3.8) is 0 Å². The van der Waals surface area contributed by atoms with E-state index in [0.29, 0.717) is 12.2 Å². The number of ketones is 1.